The zero-order valence-corrected chi connectivity index (χ0v) is 9.21. The van der Waals surface area contributed by atoms with Crippen molar-refractivity contribution >= 4 is 17.1 Å². The number of benzene rings is 1. The first kappa shape index (κ1) is 10.5. The third-order valence-electron chi connectivity index (χ3n) is 2.46. The van der Waals surface area contributed by atoms with E-state index >= 15 is 0 Å². The Hall–Kier alpha value is -2.63. The highest BCUT2D eigenvalue weighted by atomic mass is 19.1. The molecular weight excluding hydrogens is 233 g/mol. The number of fused-ring (bicyclic) bond motifs is 1. The lowest BCUT2D eigenvalue weighted by molar-refractivity contribution is 0.628. The first-order valence-corrected chi connectivity index (χ1v) is 5.23. The highest BCUT2D eigenvalue weighted by molar-refractivity contribution is 5.73. The largest absolute Gasteiger partial charge is 0.368 e. The Bertz CT molecular complexity index is 711. The molecule has 0 aliphatic carbocycles. The maximum atomic E-state index is 12.8. The van der Waals surface area contributed by atoms with Crippen LogP contribution >= 0.6 is 0 Å². The zero-order valence-electron chi connectivity index (χ0n) is 9.21. The summed E-state index contributed by atoms with van der Waals surface area (Å²) in [4.78, 5) is 16.3. The normalized spacial score (nSPS) is 10.7. The molecule has 2 aromatic heterocycles. The molecule has 3 rings (SSSR count). The van der Waals surface area contributed by atoms with Crippen LogP contribution in [0, 0.1) is 5.82 Å². The number of nitrogens with two attached hydrogens (primary N) is 1. The minimum Gasteiger partial charge on any atom is -0.368 e. The number of anilines is 1. The van der Waals surface area contributed by atoms with Gasteiger partial charge in [-0.25, -0.2) is 19.3 Å². The van der Waals surface area contributed by atoms with Gasteiger partial charge in [0, 0.05) is 5.56 Å². The second-order valence-electron chi connectivity index (χ2n) is 3.70. The predicted octanol–water partition coefficient (Wildman–Crippen LogP) is 1.81. The molecule has 0 aliphatic rings. The predicted molar refractivity (Wildman–Crippen MR) is 64.9 cm³/mol. The molecule has 0 fully saturated rings. The Morgan fingerprint density at radius 2 is 1.72 bits per heavy atom. The van der Waals surface area contributed by atoms with Gasteiger partial charge in [0.2, 0.25) is 5.95 Å². The van der Waals surface area contributed by atoms with Crippen molar-refractivity contribution < 1.29 is 4.39 Å². The van der Waals surface area contributed by atoms with Crippen molar-refractivity contribution in [1.82, 2.24) is 19.9 Å². The van der Waals surface area contributed by atoms with Gasteiger partial charge in [0.1, 0.15) is 11.3 Å². The van der Waals surface area contributed by atoms with E-state index in [0.717, 1.165) is 5.56 Å². The Kier molecular flexibility index (Phi) is 2.33. The minimum atomic E-state index is -0.288. The molecule has 0 radical (unpaired) electrons. The van der Waals surface area contributed by atoms with Gasteiger partial charge in [-0.1, -0.05) is 0 Å². The Morgan fingerprint density at radius 1 is 0.944 bits per heavy atom. The van der Waals surface area contributed by atoms with Crippen molar-refractivity contribution in [2.45, 2.75) is 0 Å². The van der Waals surface area contributed by atoms with Crippen LogP contribution in [0.15, 0.2) is 36.7 Å². The van der Waals surface area contributed by atoms with E-state index in [4.69, 9.17) is 5.73 Å². The minimum absolute atomic E-state index is 0.159. The molecule has 0 amide bonds. The van der Waals surface area contributed by atoms with Crippen LogP contribution < -0.4 is 5.73 Å². The lowest BCUT2D eigenvalue weighted by Gasteiger charge is -2.02. The number of rotatable bonds is 1. The quantitative estimate of drug-likeness (QED) is 0.703. The number of aromatic nitrogens is 4. The Morgan fingerprint density at radius 3 is 2.50 bits per heavy atom. The summed E-state index contributed by atoms with van der Waals surface area (Å²) >= 11 is 0. The van der Waals surface area contributed by atoms with Crippen LogP contribution in [0.1, 0.15) is 0 Å². The van der Waals surface area contributed by atoms with Crippen molar-refractivity contribution in [2.75, 3.05) is 5.73 Å². The second kappa shape index (κ2) is 3.99. The summed E-state index contributed by atoms with van der Waals surface area (Å²) in [6, 6.07) is 6.04. The van der Waals surface area contributed by atoms with Crippen LogP contribution in [-0.4, -0.2) is 19.9 Å². The molecule has 0 spiro atoms. The fourth-order valence-electron chi connectivity index (χ4n) is 1.59. The molecule has 6 heteroatoms. The van der Waals surface area contributed by atoms with Crippen LogP contribution in [0.5, 0.6) is 0 Å². The summed E-state index contributed by atoms with van der Waals surface area (Å²) in [6.07, 6.45) is 3.08. The molecule has 0 saturated heterocycles. The number of halogens is 1. The fourth-order valence-corrected chi connectivity index (χ4v) is 1.59. The van der Waals surface area contributed by atoms with Gasteiger partial charge in [-0.3, -0.25) is 0 Å². The van der Waals surface area contributed by atoms with Gasteiger partial charge in [0.15, 0.2) is 5.65 Å². The van der Waals surface area contributed by atoms with E-state index in [2.05, 4.69) is 19.9 Å². The average Bonchev–Trinajstić information content (AvgIpc) is 2.39. The number of hydrogen-bond acceptors (Lipinski definition) is 5. The highest BCUT2D eigenvalue weighted by Crippen LogP contribution is 2.18. The Balaban J connectivity index is 2.13. The first-order chi connectivity index (χ1) is 8.72. The van der Waals surface area contributed by atoms with Gasteiger partial charge in [-0.15, -0.1) is 0 Å². The SMILES string of the molecule is Nc1ncc2nc(-c3ccc(F)cc3)cnc2n1. The fraction of sp³-hybridized carbons (Fsp3) is 0. The smallest absolute Gasteiger partial charge is 0.222 e. The highest BCUT2D eigenvalue weighted by Gasteiger charge is 2.04. The van der Waals surface area contributed by atoms with Crippen LogP contribution in [0.4, 0.5) is 10.3 Å². The van der Waals surface area contributed by atoms with Gasteiger partial charge in [-0.05, 0) is 24.3 Å². The third kappa shape index (κ3) is 1.84. The topological polar surface area (TPSA) is 77.6 Å². The lowest BCUT2D eigenvalue weighted by atomic mass is 10.1. The number of nitrogens with zero attached hydrogens (tertiary/aromatic N) is 4. The van der Waals surface area contributed by atoms with E-state index in [-0.39, 0.29) is 11.8 Å². The first-order valence-electron chi connectivity index (χ1n) is 5.23. The van der Waals surface area contributed by atoms with E-state index in [0.29, 0.717) is 16.9 Å². The molecule has 0 saturated carbocycles. The molecule has 88 valence electrons. The summed E-state index contributed by atoms with van der Waals surface area (Å²) in [5, 5.41) is 0. The van der Waals surface area contributed by atoms with Crippen molar-refractivity contribution in [3.8, 4) is 11.3 Å². The lowest BCUT2D eigenvalue weighted by Crippen LogP contribution is -1.97. The Labute approximate surface area is 102 Å². The number of nitrogen functional groups attached to an aromatic ring is 1. The van der Waals surface area contributed by atoms with E-state index in [1.54, 1.807) is 18.3 Å². The van der Waals surface area contributed by atoms with Crippen LogP contribution in [0.25, 0.3) is 22.4 Å². The maximum absolute atomic E-state index is 12.8. The standard InChI is InChI=1S/C12H8FN5/c13-8-3-1-7(2-4-8)9-5-15-11-10(17-9)6-16-12(14)18-11/h1-6H,(H2,14,15,16,18). The van der Waals surface area contributed by atoms with E-state index in [1.807, 2.05) is 0 Å². The van der Waals surface area contributed by atoms with Crippen LogP contribution in [-0.2, 0) is 0 Å². The van der Waals surface area contributed by atoms with Gasteiger partial charge in [-0.2, -0.15) is 4.98 Å². The molecule has 0 atom stereocenters. The molecule has 5 nitrogen and oxygen atoms in total. The monoisotopic (exact) mass is 241 g/mol. The second-order valence-corrected chi connectivity index (χ2v) is 3.70. The summed E-state index contributed by atoms with van der Waals surface area (Å²) in [6.45, 7) is 0. The molecule has 18 heavy (non-hydrogen) atoms. The molecule has 2 heterocycles. The van der Waals surface area contributed by atoms with Crippen molar-refractivity contribution in [1.29, 1.82) is 0 Å². The van der Waals surface area contributed by atoms with Crippen LogP contribution in [0.3, 0.4) is 0 Å². The van der Waals surface area contributed by atoms with Crippen molar-refractivity contribution in [3.63, 3.8) is 0 Å². The van der Waals surface area contributed by atoms with Gasteiger partial charge < -0.3 is 5.73 Å². The summed E-state index contributed by atoms with van der Waals surface area (Å²) in [7, 11) is 0. The summed E-state index contributed by atoms with van der Waals surface area (Å²) in [5.74, 6) is -0.130. The van der Waals surface area contributed by atoms with Gasteiger partial charge >= 0.3 is 0 Å². The maximum Gasteiger partial charge on any atom is 0.222 e. The van der Waals surface area contributed by atoms with Crippen molar-refractivity contribution in [2.24, 2.45) is 0 Å². The van der Waals surface area contributed by atoms with E-state index in [9.17, 15) is 4.39 Å². The third-order valence-corrected chi connectivity index (χ3v) is 2.46. The zero-order chi connectivity index (χ0) is 12.5. The van der Waals surface area contributed by atoms with E-state index in [1.165, 1.54) is 18.3 Å². The molecule has 0 unspecified atom stereocenters. The van der Waals surface area contributed by atoms with Gasteiger partial charge in [0.25, 0.3) is 0 Å². The van der Waals surface area contributed by atoms with Gasteiger partial charge in [0.05, 0.1) is 18.1 Å². The van der Waals surface area contributed by atoms with Crippen LogP contribution in [0.2, 0.25) is 0 Å². The molecule has 2 N–H and O–H groups in total. The molecule has 3 aromatic rings. The molecule has 1 aromatic carbocycles. The molecule has 0 aliphatic heterocycles. The molecule has 0 bridgehead atoms. The summed E-state index contributed by atoms with van der Waals surface area (Å²) < 4.78 is 12.8. The number of hydrogen-bond donors (Lipinski definition) is 1. The summed E-state index contributed by atoms with van der Waals surface area (Å²) in [5.41, 5.74) is 7.86. The average molecular weight is 241 g/mol. The van der Waals surface area contributed by atoms with E-state index < -0.39 is 0 Å². The van der Waals surface area contributed by atoms with Crippen molar-refractivity contribution in [3.05, 3.63) is 42.5 Å². The molecular formula is C12H8FN5.